The van der Waals surface area contributed by atoms with E-state index in [9.17, 15) is 0 Å². The molecule has 4 nitrogen and oxygen atoms in total. The monoisotopic (exact) mass is 306 g/mol. The fourth-order valence-electron chi connectivity index (χ4n) is 3.04. The lowest BCUT2D eigenvalue weighted by Crippen LogP contribution is -3.16. The standard InChI is InChI=1S/C18H27NO3/c1-5-6-16-11-17(20-4)7-8-18(16)21-10-9-19-12-14(2)22-15(3)13-19/h5,7-8,11,14-15H,1,6,9-10,12-13H2,2-4H3/p+1/t14-,15+. The van der Waals surface area contributed by atoms with Crippen molar-refractivity contribution in [2.45, 2.75) is 32.5 Å². The Balaban J connectivity index is 1.89. The number of hydrogen-bond acceptors (Lipinski definition) is 3. The van der Waals surface area contributed by atoms with Gasteiger partial charge in [0, 0.05) is 5.56 Å². The van der Waals surface area contributed by atoms with Crippen molar-refractivity contribution >= 4 is 0 Å². The molecule has 3 atom stereocenters. The molecule has 4 heteroatoms. The summed E-state index contributed by atoms with van der Waals surface area (Å²) < 4.78 is 17.0. The second kappa shape index (κ2) is 8.20. The van der Waals surface area contributed by atoms with Gasteiger partial charge in [0.25, 0.3) is 0 Å². The van der Waals surface area contributed by atoms with Crippen LogP contribution in [0.4, 0.5) is 0 Å². The summed E-state index contributed by atoms with van der Waals surface area (Å²) in [6.45, 7) is 11.9. The van der Waals surface area contributed by atoms with Crippen LogP contribution in [-0.4, -0.2) is 45.6 Å². The summed E-state index contributed by atoms with van der Waals surface area (Å²) in [4.78, 5) is 1.55. The van der Waals surface area contributed by atoms with Crippen molar-refractivity contribution < 1.29 is 19.1 Å². The third-order valence-corrected chi connectivity index (χ3v) is 3.96. The summed E-state index contributed by atoms with van der Waals surface area (Å²) in [5, 5.41) is 0. The molecule has 1 N–H and O–H groups in total. The largest absolute Gasteiger partial charge is 0.497 e. The van der Waals surface area contributed by atoms with Crippen LogP contribution in [-0.2, 0) is 11.2 Å². The Labute approximate surface area is 133 Å². The van der Waals surface area contributed by atoms with E-state index in [0.29, 0.717) is 18.8 Å². The number of ether oxygens (including phenoxy) is 3. The molecule has 122 valence electrons. The van der Waals surface area contributed by atoms with E-state index in [0.717, 1.165) is 43.1 Å². The molecule has 0 amide bonds. The normalized spacial score (nSPS) is 24.8. The van der Waals surface area contributed by atoms with E-state index >= 15 is 0 Å². The first-order valence-corrected chi connectivity index (χ1v) is 8.02. The summed E-state index contributed by atoms with van der Waals surface area (Å²) in [6.07, 6.45) is 3.33. The maximum atomic E-state index is 6.00. The third kappa shape index (κ3) is 4.75. The number of allylic oxidation sites excluding steroid dienone is 1. The summed E-state index contributed by atoms with van der Waals surface area (Å²) >= 11 is 0. The second-order valence-corrected chi connectivity index (χ2v) is 5.98. The van der Waals surface area contributed by atoms with Gasteiger partial charge in [0.2, 0.25) is 0 Å². The fourth-order valence-corrected chi connectivity index (χ4v) is 3.04. The zero-order valence-electron chi connectivity index (χ0n) is 13.9. The molecule has 1 unspecified atom stereocenters. The van der Waals surface area contributed by atoms with Crippen LogP contribution in [0.2, 0.25) is 0 Å². The average molecular weight is 306 g/mol. The van der Waals surface area contributed by atoms with Gasteiger partial charge < -0.3 is 19.1 Å². The van der Waals surface area contributed by atoms with Gasteiger partial charge >= 0.3 is 0 Å². The van der Waals surface area contributed by atoms with Gasteiger partial charge in [-0.25, -0.2) is 0 Å². The fraction of sp³-hybridized carbons (Fsp3) is 0.556. The minimum Gasteiger partial charge on any atom is -0.497 e. The zero-order valence-corrected chi connectivity index (χ0v) is 13.9. The van der Waals surface area contributed by atoms with E-state index < -0.39 is 0 Å². The van der Waals surface area contributed by atoms with Crippen LogP contribution in [0.1, 0.15) is 19.4 Å². The molecular formula is C18H28NO3+. The number of quaternary nitrogens is 1. The van der Waals surface area contributed by atoms with E-state index in [1.165, 1.54) is 0 Å². The SMILES string of the molecule is C=CCc1cc(OC)ccc1OCC[NH+]1C[C@@H](C)O[C@@H](C)C1. The van der Waals surface area contributed by atoms with Gasteiger partial charge in [-0.15, -0.1) is 6.58 Å². The molecule has 22 heavy (non-hydrogen) atoms. The second-order valence-electron chi connectivity index (χ2n) is 5.98. The van der Waals surface area contributed by atoms with Crippen LogP contribution in [0.3, 0.4) is 0 Å². The smallest absolute Gasteiger partial charge is 0.137 e. The number of nitrogens with one attached hydrogen (secondary N) is 1. The molecule has 0 aromatic heterocycles. The Kier molecular flexibility index (Phi) is 6.28. The van der Waals surface area contributed by atoms with E-state index in [-0.39, 0.29) is 0 Å². The van der Waals surface area contributed by atoms with Gasteiger partial charge in [-0.3, -0.25) is 0 Å². The molecule has 1 aromatic rings. The number of benzene rings is 1. The highest BCUT2D eigenvalue weighted by molar-refractivity contribution is 5.41. The summed E-state index contributed by atoms with van der Waals surface area (Å²) in [5.74, 6) is 1.78. The maximum absolute atomic E-state index is 6.00. The lowest BCUT2D eigenvalue weighted by Gasteiger charge is -2.32. The molecule has 0 bridgehead atoms. The van der Waals surface area contributed by atoms with E-state index in [2.05, 4.69) is 20.4 Å². The number of hydrogen-bond donors (Lipinski definition) is 1. The van der Waals surface area contributed by atoms with Crippen LogP contribution in [0.5, 0.6) is 11.5 Å². The molecule has 1 saturated heterocycles. The van der Waals surface area contributed by atoms with Crippen LogP contribution >= 0.6 is 0 Å². The minimum atomic E-state index is 0.330. The van der Waals surface area contributed by atoms with Crippen molar-refractivity contribution in [1.29, 1.82) is 0 Å². The van der Waals surface area contributed by atoms with E-state index in [1.54, 1.807) is 12.0 Å². The van der Waals surface area contributed by atoms with Gasteiger partial charge in [-0.2, -0.15) is 0 Å². The number of rotatable bonds is 7. The molecule has 0 saturated carbocycles. The van der Waals surface area contributed by atoms with Crippen LogP contribution in [0.25, 0.3) is 0 Å². The molecule has 1 fully saturated rings. The van der Waals surface area contributed by atoms with Gasteiger partial charge in [-0.1, -0.05) is 6.08 Å². The summed E-state index contributed by atoms with van der Waals surface area (Å²) in [5.41, 5.74) is 1.12. The molecular weight excluding hydrogens is 278 g/mol. The molecule has 0 aliphatic carbocycles. The van der Waals surface area contributed by atoms with Crippen LogP contribution in [0, 0.1) is 0 Å². The van der Waals surface area contributed by atoms with E-state index in [1.807, 2.05) is 24.3 Å². The van der Waals surface area contributed by atoms with E-state index in [4.69, 9.17) is 14.2 Å². The Morgan fingerprint density at radius 3 is 2.68 bits per heavy atom. The predicted molar refractivity (Wildman–Crippen MR) is 88.0 cm³/mol. The van der Waals surface area contributed by atoms with Crippen LogP contribution in [0.15, 0.2) is 30.9 Å². The van der Waals surface area contributed by atoms with Gasteiger partial charge in [-0.05, 0) is 38.5 Å². The highest BCUT2D eigenvalue weighted by Gasteiger charge is 2.25. The first-order valence-electron chi connectivity index (χ1n) is 8.02. The Morgan fingerprint density at radius 2 is 2.05 bits per heavy atom. The number of methoxy groups -OCH3 is 1. The highest BCUT2D eigenvalue weighted by Crippen LogP contribution is 2.24. The first-order chi connectivity index (χ1) is 10.6. The van der Waals surface area contributed by atoms with Crippen molar-refractivity contribution in [3.63, 3.8) is 0 Å². The lowest BCUT2D eigenvalue weighted by molar-refractivity contribution is -0.915. The molecule has 2 rings (SSSR count). The van der Waals surface area contributed by atoms with Crippen molar-refractivity contribution in [3.05, 3.63) is 36.4 Å². The molecule has 1 aliphatic heterocycles. The third-order valence-electron chi connectivity index (χ3n) is 3.96. The highest BCUT2D eigenvalue weighted by atomic mass is 16.5. The lowest BCUT2D eigenvalue weighted by atomic mass is 10.1. The zero-order chi connectivity index (χ0) is 15.9. The molecule has 0 spiro atoms. The predicted octanol–water partition coefficient (Wildman–Crippen LogP) is 1.49. The maximum Gasteiger partial charge on any atom is 0.137 e. The summed E-state index contributed by atoms with van der Waals surface area (Å²) in [6, 6.07) is 5.94. The Morgan fingerprint density at radius 1 is 1.32 bits per heavy atom. The van der Waals surface area contributed by atoms with Crippen molar-refractivity contribution in [2.75, 3.05) is 33.4 Å². The van der Waals surface area contributed by atoms with Gasteiger partial charge in [0.15, 0.2) is 0 Å². The topological polar surface area (TPSA) is 32.1 Å². The van der Waals surface area contributed by atoms with Crippen molar-refractivity contribution in [3.8, 4) is 11.5 Å². The quantitative estimate of drug-likeness (QED) is 0.775. The minimum absolute atomic E-state index is 0.330. The number of morpholine rings is 1. The average Bonchev–Trinajstić information content (AvgIpc) is 2.48. The van der Waals surface area contributed by atoms with Crippen LogP contribution < -0.4 is 14.4 Å². The molecule has 1 aromatic carbocycles. The van der Waals surface area contributed by atoms with Gasteiger partial charge in [0.05, 0.1) is 7.11 Å². The molecule has 1 aliphatic rings. The van der Waals surface area contributed by atoms with Crippen molar-refractivity contribution in [2.24, 2.45) is 0 Å². The summed E-state index contributed by atoms with van der Waals surface area (Å²) in [7, 11) is 1.68. The first kappa shape index (κ1) is 16.8. The Bertz CT molecular complexity index is 479. The molecule has 0 radical (unpaired) electrons. The Hall–Kier alpha value is -1.52. The van der Waals surface area contributed by atoms with Crippen molar-refractivity contribution in [1.82, 2.24) is 0 Å². The van der Waals surface area contributed by atoms with Gasteiger partial charge in [0.1, 0.15) is 49.9 Å². The molecule has 1 heterocycles.